The maximum atomic E-state index is 12.3. The van der Waals surface area contributed by atoms with E-state index in [4.69, 9.17) is 14.9 Å². The Morgan fingerprint density at radius 1 is 1.44 bits per heavy atom. The van der Waals surface area contributed by atoms with E-state index in [9.17, 15) is 4.79 Å². The van der Waals surface area contributed by atoms with Gasteiger partial charge in [0.1, 0.15) is 11.5 Å². The van der Waals surface area contributed by atoms with Crippen molar-refractivity contribution in [2.45, 2.75) is 20.8 Å². The Balaban J connectivity index is 2.59. The smallest absolute Gasteiger partial charge is 0.257 e. The first kappa shape index (κ1) is 14.7. The molecule has 0 unspecified atom stereocenters. The summed E-state index contributed by atoms with van der Waals surface area (Å²) in [7, 11) is 0. The molecule has 1 aromatic rings. The van der Waals surface area contributed by atoms with Crippen LogP contribution in [0.3, 0.4) is 0 Å². The number of furan rings is 1. The molecule has 2 N–H and O–H groups in total. The molecule has 5 heteroatoms. The van der Waals surface area contributed by atoms with E-state index >= 15 is 0 Å². The lowest BCUT2D eigenvalue weighted by atomic mass is 10.2. The van der Waals surface area contributed by atoms with E-state index in [0.29, 0.717) is 44.2 Å². The van der Waals surface area contributed by atoms with Crippen LogP contribution in [0.25, 0.3) is 0 Å². The van der Waals surface area contributed by atoms with E-state index in [2.05, 4.69) is 0 Å². The quantitative estimate of drug-likeness (QED) is 0.745. The van der Waals surface area contributed by atoms with Crippen LogP contribution in [0, 0.1) is 13.8 Å². The molecular formula is C13H22N2O3. The molecule has 1 aromatic heterocycles. The maximum Gasteiger partial charge on any atom is 0.257 e. The molecule has 0 aliphatic heterocycles. The number of nitrogens with two attached hydrogens (primary N) is 1. The van der Waals surface area contributed by atoms with Gasteiger partial charge < -0.3 is 19.8 Å². The average Bonchev–Trinajstić information content (AvgIpc) is 2.68. The van der Waals surface area contributed by atoms with E-state index in [1.54, 1.807) is 17.9 Å². The molecule has 0 fully saturated rings. The van der Waals surface area contributed by atoms with Gasteiger partial charge in [0.05, 0.1) is 18.8 Å². The zero-order valence-electron chi connectivity index (χ0n) is 11.4. The summed E-state index contributed by atoms with van der Waals surface area (Å²) in [5.74, 6) is 1.41. The van der Waals surface area contributed by atoms with E-state index < -0.39 is 0 Å². The van der Waals surface area contributed by atoms with Crippen LogP contribution in [0.1, 0.15) is 28.8 Å². The first-order valence-corrected chi connectivity index (χ1v) is 6.24. The van der Waals surface area contributed by atoms with Crippen LogP contribution in [0.4, 0.5) is 0 Å². The number of likely N-dealkylation sites (N-methyl/N-ethyl adjacent to an activating group) is 1. The van der Waals surface area contributed by atoms with Crippen molar-refractivity contribution < 1.29 is 13.9 Å². The summed E-state index contributed by atoms with van der Waals surface area (Å²) in [5.41, 5.74) is 5.97. The molecule has 0 radical (unpaired) electrons. The molecule has 0 saturated heterocycles. The number of carbonyl (C=O) groups excluding carboxylic acids is 1. The molecule has 0 aliphatic carbocycles. The predicted molar refractivity (Wildman–Crippen MR) is 69.6 cm³/mol. The van der Waals surface area contributed by atoms with Crippen LogP contribution in [0.5, 0.6) is 0 Å². The topological polar surface area (TPSA) is 68.7 Å². The second-order valence-corrected chi connectivity index (χ2v) is 4.11. The Bertz CT molecular complexity index is 388. The standard InChI is InChI=1S/C13H22N2O3/c1-4-15(6-8-17-7-5-14)13(16)12-9-10(2)18-11(12)3/h9H,4-8,14H2,1-3H3. The van der Waals surface area contributed by atoms with Crippen molar-refractivity contribution >= 4 is 5.91 Å². The number of aryl methyl sites for hydroxylation is 2. The minimum absolute atomic E-state index is 0.0109. The van der Waals surface area contributed by atoms with Crippen LogP contribution >= 0.6 is 0 Å². The molecule has 1 rings (SSSR count). The van der Waals surface area contributed by atoms with Crippen molar-refractivity contribution in [3.05, 3.63) is 23.2 Å². The zero-order chi connectivity index (χ0) is 13.5. The molecule has 0 atom stereocenters. The van der Waals surface area contributed by atoms with Crippen LogP contribution in [-0.2, 0) is 4.74 Å². The summed E-state index contributed by atoms with van der Waals surface area (Å²) < 4.78 is 10.7. The van der Waals surface area contributed by atoms with Gasteiger partial charge in [0.25, 0.3) is 5.91 Å². The monoisotopic (exact) mass is 254 g/mol. The summed E-state index contributed by atoms with van der Waals surface area (Å²) in [6, 6.07) is 1.78. The highest BCUT2D eigenvalue weighted by Gasteiger charge is 2.18. The minimum Gasteiger partial charge on any atom is -0.466 e. The van der Waals surface area contributed by atoms with Crippen LogP contribution < -0.4 is 5.73 Å². The van der Waals surface area contributed by atoms with Crippen molar-refractivity contribution in [2.24, 2.45) is 5.73 Å². The lowest BCUT2D eigenvalue weighted by Crippen LogP contribution is -2.34. The summed E-state index contributed by atoms with van der Waals surface area (Å²) >= 11 is 0. The van der Waals surface area contributed by atoms with Crippen molar-refractivity contribution in [3.63, 3.8) is 0 Å². The average molecular weight is 254 g/mol. The van der Waals surface area contributed by atoms with Crippen molar-refractivity contribution in [3.8, 4) is 0 Å². The molecule has 0 aliphatic rings. The van der Waals surface area contributed by atoms with Gasteiger partial charge in [-0.05, 0) is 26.8 Å². The van der Waals surface area contributed by atoms with E-state index in [0.717, 1.165) is 5.76 Å². The molecule has 18 heavy (non-hydrogen) atoms. The van der Waals surface area contributed by atoms with Crippen molar-refractivity contribution in [1.82, 2.24) is 4.90 Å². The summed E-state index contributed by atoms with van der Waals surface area (Å²) in [5, 5.41) is 0. The molecule has 1 amide bonds. The Kier molecular flexibility index (Phi) is 5.88. The van der Waals surface area contributed by atoms with E-state index in [1.165, 1.54) is 0 Å². The van der Waals surface area contributed by atoms with E-state index in [1.807, 2.05) is 13.8 Å². The third kappa shape index (κ3) is 3.85. The number of amides is 1. The van der Waals surface area contributed by atoms with Crippen LogP contribution in [0.2, 0.25) is 0 Å². The third-order valence-corrected chi connectivity index (χ3v) is 2.71. The Labute approximate surface area is 108 Å². The first-order valence-electron chi connectivity index (χ1n) is 6.24. The third-order valence-electron chi connectivity index (χ3n) is 2.71. The van der Waals surface area contributed by atoms with E-state index in [-0.39, 0.29) is 5.91 Å². The van der Waals surface area contributed by atoms with Gasteiger partial charge in [-0.25, -0.2) is 0 Å². The number of ether oxygens (including phenoxy) is 1. The summed E-state index contributed by atoms with van der Waals surface area (Å²) in [4.78, 5) is 14.0. The first-order chi connectivity index (χ1) is 8.60. The van der Waals surface area contributed by atoms with Gasteiger partial charge in [0.2, 0.25) is 0 Å². The van der Waals surface area contributed by atoms with Gasteiger partial charge in [0, 0.05) is 19.6 Å². The normalized spacial score (nSPS) is 10.7. The molecular weight excluding hydrogens is 232 g/mol. The molecule has 0 spiro atoms. The van der Waals surface area contributed by atoms with Gasteiger partial charge in [-0.1, -0.05) is 0 Å². The Hall–Kier alpha value is -1.33. The van der Waals surface area contributed by atoms with Gasteiger partial charge in [0.15, 0.2) is 0 Å². The summed E-state index contributed by atoms with van der Waals surface area (Å²) in [6.45, 7) is 8.34. The highest BCUT2D eigenvalue weighted by Crippen LogP contribution is 2.15. The lowest BCUT2D eigenvalue weighted by molar-refractivity contribution is 0.0661. The van der Waals surface area contributed by atoms with Crippen LogP contribution in [0.15, 0.2) is 10.5 Å². The largest absolute Gasteiger partial charge is 0.466 e. The fourth-order valence-corrected chi connectivity index (χ4v) is 1.78. The Morgan fingerprint density at radius 2 is 2.17 bits per heavy atom. The highest BCUT2D eigenvalue weighted by molar-refractivity contribution is 5.95. The van der Waals surface area contributed by atoms with Gasteiger partial charge in [-0.3, -0.25) is 4.79 Å². The van der Waals surface area contributed by atoms with Gasteiger partial charge >= 0.3 is 0 Å². The number of hydrogen-bond donors (Lipinski definition) is 1. The molecule has 0 saturated carbocycles. The SMILES string of the molecule is CCN(CCOCCN)C(=O)c1cc(C)oc1C. The van der Waals surface area contributed by atoms with Crippen molar-refractivity contribution in [2.75, 3.05) is 32.8 Å². The number of carbonyl (C=O) groups is 1. The lowest BCUT2D eigenvalue weighted by Gasteiger charge is -2.20. The fraction of sp³-hybridized carbons (Fsp3) is 0.615. The second kappa shape index (κ2) is 7.18. The van der Waals surface area contributed by atoms with Crippen molar-refractivity contribution in [1.29, 1.82) is 0 Å². The predicted octanol–water partition coefficient (Wildman–Crippen LogP) is 1.33. The summed E-state index contributed by atoms with van der Waals surface area (Å²) in [6.07, 6.45) is 0. The fourth-order valence-electron chi connectivity index (χ4n) is 1.78. The van der Waals surface area contributed by atoms with Crippen LogP contribution in [-0.4, -0.2) is 43.7 Å². The highest BCUT2D eigenvalue weighted by atomic mass is 16.5. The molecule has 0 aromatic carbocycles. The zero-order valence-corrected chi connectivity index (χ0v) is 11.4. The second-order valence-electron chi connectivity index (χ2n) is 4.11. The van der Waals surface area contributed by atoms with Gasteiger partial charge in [-0.2, -0.15) is 0 Å². The molecule has 0 bridgehead atoms. The number of hydrogen-bond acceptors (Lipinski definition) is 4. The molecule has 5 nitrogen and oxygen atoms in total. The molecule has 1 heterocycles. The number of nitrogens with zero attached hydrogens (tertiary/aromatic N) is 1. The maximum absolute atomic E-state index is 12.3. The minimum atomic E-state index is -0.0109. The number of rotatable bonds is 7. The Morgan fingerprint density at radius 3 is 2.67 bits per heavy atom. The molecule has 102 valence electrons. The van der Waals surface area contributed by atoms with Gasteiger partial charge in [-0.15, -0.1) is 0 Å².